The number of nitrogens with one attached hydrogen (secondary N) is 1. The lowest BCUT2D eigenvalue weighted by Gasteiger charge is -2.10. The molecule has 152 valence electrons. The predicted molar refractivity (Wildman–Crippen MR) is 114 cm³/mol. The number of carbonyl (C=O) groups excluding carboxylic acids is 1. The molecule has 3 heterocycles. The molecule has 0 aliphatic heterocycles. The molecule has 0 fully saturated rings. The van der Waals surface area contributed by atoms with Crippen LogP contribution in [0.3, 0.4) is 0 Å². The van der Waals surface area contributed by atoms with Crippen molar-refractivity contribution in [1.82, 2.24) is 15.2 Å². The summed E-state index contributed by atoms with van der Waals surface area (Å²) in [5, 5.41) is 11.1. The molecule has 31 heavy (non-hydrogen) atoms. The van der Waals surface area contributed by atoms with Crippen LogP contribution in [0.15, 0.2) is 81.8 Å². The minimum Gasteiger partial charge on any atom is -0.497 e. The average Bonchev–Trinajstić information content (AvgIpc) is 3.50. The van der Waals surface area contributed by atoms with E-state index >= 15 is 0 Å². The summed E-state index contributed by atoms with van der Waals surface area (Å²) in [6.07, 6.45) is 1.50. The molecule has 8 nitrogen and oxygen atoms in total. The fourth-order valence-corrected chi connectivity index (χ4v) is 3.23. The normalized spacial score (nSPS) is 10.9. The van der Waals surface area contributed by atoms with Crippen LogP contribution in [0.5, 0.6) is 5.75 Å². The molecule has 1 amide bonds. The Kier molecular flexibility index (Phi) is 4.64. The summed E-state index contributed by atoms with van der Waals surface area (Å²) in [7, 11) is 1.60. The number of para-hydroxylation sites is 1. The Bertz CT molecular complexity index is 1380. The van der Waals surface area contributed by atoms with Crippen LogP contribution in [-0.2, 0) is 0 Å². The molecule has 0 atom stereocenters. The number of nitrogens with zero attached hydrogens (tertiary/aromatic N) is 3. The zero-order chi connectivity index (χ0) is 21.2. The number of fused-ring (bicyclic) bond motifs is 1. The number of hydrogen-bond donors (Lipinski definition) is 1. The Morgan fingerprint density at radius 1 is 1.00 bits per heavy atom. The number of ether oxygens (including phenoxy) is 1. The van der Waals surface area contributed by atoms with Crippen molar-refractivity contribution in [2.24, 2.45) is 0 Å². The monoisotopic (exact) mass is 412 g/mol. The van der Waals surface area contributed by atoms with Gasteiger partial charge in [-0.2, -0.15) is 0 Å². The lowest BCUT2D eigenvalue weighted by atomic mass is 10.0. The molecule has 0 aliphatic rings. The Hall–Kier alpha value is -4.46. The summed E-state index contributed by atoms with van der Waals surface area (Å²) < 4.78 is 16.0. The van der Waals surface area contributed by atoms with Crippen molar-refractivity contribution in [3.8, 4) is 28.7 Å². The summed E-state index contributed by atoms with van der Waals surface area (Å²) in [5.41, 5.74) is 2.59. The molecule has 5 aromatic rings. The second-order valence-electron chi connectivity index (χ2n) is 6.65. The second-order valence-corrected chi connectivity index (χ2v) is 6.65. The molecule has 0 unspecified atom stereocenters. The fraction of sp³-hybridized carbons (Fsp3) is 0.0435. The zero-order valence-electron chi connectivity index (χ0n) is 16.4. The fourth-order valence-electron chi connectivity index (χ4n) is 3.23. The van der Waals surface area contributed by atoms with Gasteiger partial charge in [-0.1, -0.05) is 35.4 Å². The van der Waals surface area contributed by atoms with Gasteiger partial charge in [-0.3, -0.25) is 10.1 Å². The average molecular weight is 412 g/mol. The van der Waals surface area contributed by atoms with Gasteiger partial charge in [-0.15, -0.1) is 5.10 Å². The predicted octanol–water partition coefficient (Wildman–Crippen LogP) is 4.81. The van der Waals surface area contributed by atoms with Gasteiger partial charge in [-0.25, -0.2) is 4.98 Å². The molecule has 3 aromatic heterocycles. The third-order valence-electron chi connectivity index (χ3n) is 4.70. The van der Waals surface area contributed by atoms with Crippen LogP contribution < -0.4 is 10.1 Å². The minimum atomic E-state index is -0.391. The van der Waals surface area contributed by atoms with E-state index in [9.17, 15) is 4.79 Å². The second kappa shape index (κ2) is 7.75. The smallest absolute Gasteiger partial charge is 0.322 e. The number of amides is 1. The molecule has 5 rings (SSSR count). The highest BCUT2D eigenvalue weighted by atomic mass is 16.5. The molecule has 0 bridgehead atoms. The van der Waals surface area contributed by atoms with E-state index in [1.165, 1.54) is 6.26 Å². The molecule has 0 aliphatic carbocycles. The van der Waals surface area contributed by atoms with Gasteiger partial charge in [0, 0.05) is 10.9 Å². The van der Waals surface area contributed by atoms with Crippen LogP contribution in [0.1, 0.15) is 10.4 Å². The zero-order valence-corrected chi connectivity index (χ0v) is 16.4. The molecule has 2 aromatic carbocycles. The van der Waals surface area contributed by atoms with E-state index in [0.717, 1.165) is 5.56 Å². The van der Waals surface area contributed by atoms with Gasteiger partial charge in [0.15, 0.2) is 5.76 Å². The van der Waals surface area contributed by atoms with Crippen molar-refractivity contribution in [3.63, 3.8) is 0 Å². The topological polar surface area (TPSA) is 103 Å². The molecule has 8 heteroatoms. The number of carbonyl (C=O) groups is 1. The Morgan fingerprint density at radius 3 is 2.74 bits per heavy atom. The van der Waals surface area contributed by atoms with Crippen molar-refractivity contribution >= 4 is 22.8 Å². The highest BCUT2D eigenvalue weighted by Crippen LogP contribution is 2.28. The van der Waals surface area contributed by atoms with Crippen molar-refractivity contribution in [1.29, 1.82) is 0 Å². The van der Waals surface area contributed by atoms with Crippen LogP contribution in [0.4, 0.5) is 6.01 Å². The standard InChI is InChI=1S/C23H16N4O4/c1-29-15-7-4-6-14(12-15)19-13-17(16-8-2-3-9-18(16)24-19)21(28)25-23-27-26-22(31-23)20-10-5-11-30-20/h2-13H,1H3,(H,25,27,28). The number of methoxy groups -OCH3 is 1. The highest BCUT2D eigenvalue weighted by molar-refractivity contribution is 6.12. The molecule has 0 radical (unpaired) electrons. The first kappa shape index (κ1) is 18.6. The number of rotatable bonds is 5. The van der Waals surface area contributed by atoms with Crippen molar-refractivity contribution < 1.29 is 18.4 Å². The quantitative estimate of drug-likeness (QED) is 0.442. The Balaban J connectivity index is 1.53. The van der Waals surface area contributed by atoms with Crippen molar-refractivity contribution in [2.75, 3.05) is 12.4 Å². The first-order chi connectivity index (χ1) is 15.2. The third-order valence-corrected chi connectivity index (χ3v) is 4.70. The Morgan fingerprint density at radius 2 is 1.90 bits per heavy atom. The van der Waals surface area contributed by atoms with Gasteiger partial charge in [0.2, 0.25) is 0 Å². The first-order valence-corrected chi connectivity index (χ1v) is 9.44. The SMILES string of the molecule is COc1cccc(-c2cc(C(=O)Nc3nnc(-c4ccco4)o3)c3ccccc3n2)c1. The lowest BCUT2D eigenvalue weighted by Crippen LogP contribution is -2.13. The summed E-state index contributed by atoms with van der Waals surface area (Å²) >= 11 is 0. The van der Waals surface area contributed by atoms with Crippen molar-refractivity contribution in [3.05, 3.63) is 78.6 Å². The van der Waals surface area contributed by atoms with Gasteiger partial charge in [-0.05, 0) is 36.4 Å². The van der Waals surface area contributed by atoms with Crippen LogP contribution in [0.2, 0.25) is 0 Å². The van der Waals surface area contributed by atoms with E-state index in [0.29, 0.717) is 33.7 Å². The molecular weight excluding hydrogens is 396 g/mol. The van der Waals surface area contributed by atoms with E-state index in [-0.39, 0.29) is 11.9 Å². The molecule has 0 spiro atoms. The number of anilines is 1. The number of aromatic nitrogens is 3. The maximum absolute atomic E-state index is 13.1. The van der Waals surface area contributed by atoms with E-state index < -0.39 is 5.91 Å². The van der Waals surface area contributed by atoms with Crippen molar-refractivity contribution in [2.45, 2.75) is 0 Å². The first-order valence-electron chi connectivity index (χ1n) is 9.44. The third kappa shape index (κ3) is 3.62. The van der Waals surface area contributed by atoms with E-state index in [1.54, 1.807) is 25.3 Å². The van der Waals surface area contributed by atoms with Crippen LogP contribution in [0.25, 0.3) is 33.8 Å². The summed E-state index contributed by atoms with van der Waals surface area (Å²) in [5.74, 6) is 0.909. The number of pyridine rings is 1. The lowest BCUT2D eigenvalue weighted by molar-refractivity contribution is 0.102. The maximum Gasteiger partial charge on any atom is 0.322 e. The van der Waals surface area contributed by atoms with Gasteiger partial charge in [0.05, 0.1) is 30.1 Å². The molecule has 0 saturated heterocycles. The summed E-state index contributed by atoms with van der Waals surface area (Å²) in [6, 6.07) is 20.0. The van der Waals surface area contributed by atoms with Crippen LogP contribution in [0, 0.1) is 0 Å². The molecule has 0 saturated carbocycles. The largest absolute Gasteiger partial charge is 0.497 e. The number of hydrogen-bond acceptors (Lipinski definition) is 7. The highest BCUT2D eigenvalue weighted by Gasteiger charge is 2.18. The van der Waals surface area contributed by atoms with Gasteiger partial charge >= 0.3 is 6.01 Å². The molecule has 1 N–H and O–H groups in total. The van der Waals surface area contributed by atoms with Gasteiger partial charge < -0.3 is 13.6 Å². The maximum atomic E-state index is 13.1. The van der Waals surface area contributed by atoms with E-state index in [1.807, 2.05) is 48.5 Å². The molecular formula is C23H16N4O4. The minimum absolute atomic E-state index is 0.0276. The van der Waals surface area contributed by atoms with E-state index in [2.05, 4.69) is 15.5 Å². The van der Waals surface area contributed by atoms with E-state index in [4.69, 9.17) is 18.6 Å². The summed E-state index contributed by atoms with van der Waals surface area (Å²) in [4.78, 5) is 17.8. The van der Waals surface area contributed by atoms with Crippen LogP contribution >= 0.6 is 0 Å². The number of benzene rings is 2. The van der Waals surface area contributed by atoms with Crippen LogP contribution in [-0.4, -0.2) is 28.2 Å². The number of furan rings is 1. The van der Waals surface area contributed by atoms with Gasteiger partial charge in [0.1, 0.15) is 5.75 Å². The summed E-state index contributed by atoms with van der Waals surface area (Å²) in [6.45, 7) is 0. The Labute approximate surface area is 176 Å². The van der Waals surface area contributed by atoms with Gasteiger partial charge in [0.25, 0.3) is 11.8 Å².